The quantitative estimate of drug-likeness (QED) is 0.445. The molecule has 0 unspecified atom stereocenters. The van der Waals surface area contributed by atoms with Crippen molar-refractivity contribution in [3.8, 4) is 0 Å². The van der Waals surface area contributed by atoms with Gasteiger partial charge in [-0.2, -0.15) is 13.2 Å². The number of hydrogen-bond donors (Lipinski definition) is 2. The number of fused-ring (bicyclic) bond motifs is 4. The van der Waals surface area contributed by atoms with E-state index in [0.29, 0.717) is 17.1 Å². The molecule has 2 heterocycles. The first-order valence-corrected chi connectivity index (χ1v) is 9.03. The van der Waals surface area contributed by atoms with Gasteiger partial charge in [0, 0.05) is 5.39 Å². The summed E-state index contributed by atoms with van der Waals surface area (Å²) < 4.78 is 38.9. The van der Waals surface area contributed by atoms with Crippen LogP contribution in [0.25, 0.3) is 21.8 Å². The summed E-state index contributed by atoms with van der Waals surface area (Å²) in [7, 11) is 0. The number of carbonyl (C=O) groups is 2. The molecule has 4 aromatic rings. The molecule has 2 amide bonds. The van der Waals surface area contributed by atoms with Crippen LogP contribution in [0.4, 0.5) is 30.2 Å². The molecule has 9 heteroatoms. The van der Waals surface area contributed by atoms with Crippen LogP contribution >= 0.6 is 0 Å². The number of aromatic nitrogens is 2. The number of benzene rings is 3. The minimum Gasteiger partial charge on any atom is -0.334 e. The molecule has 0 fully saturated rings. The van der Waals surface area contributed by atoms with E-state index in [0.717, 1.165) is 10.8 Å². The molecule has 30 heavy (non-hydrogen) atoms. The summed E-state index contributed by atoms with van der Waals surface area (Å²) >= 11 is 0. The third kappa shape index (κ3) is 2.86. The number of hydrogen-bond acceptors (Lipinski definition) is 3. The van der Waals surface area contributed by atoms with Gasteiger partial charge in [0.05, 0.1) is 28.1 Å². The number of amides is 2. The highest BCUT2D eigenvalue weighted by atomic mass is 19.4. The fraction of sp³-hybridized carbons (Fsp3) is 0.0952. The monoisotopic (exact) mass is 410 g/mol. The van der Waals surface area contributed by atoms with Crippen LogP contribution in [0, 0.1) is 0 Å². The predicted molar refractivity (Wildman–Crippen MR) is 105 cm³/mol. The molecule has 1 aromatic heterocycles. The Morgan fingerprint density at radius 1 is 1.00 bits per heavy atom. The Labute approximate surface area is 167 Å². The molecular weight excluding hydrogens is 397 g/mol. The lowest BCUT2D eigenvalue weighted by Gasteiger charge is -2.23. The second-order valence-corrected chi connectivity index (χ2v) is 6.92. The topological polar surface area (TPSA) is 78.1 Å². The van der Waals surface area contributed by atoms with Crippen LogP contribution in [0.2, 0.25) is 0 Å². The summed E-state index contributed by atoms with van der Waals surface area (Å²) in [4.78, 5) is 32.3. The molecule has 1 aliphatic rings. The number of carbonyl (C=O) groups excluding carboxylic acids is 2. The summed E-state index contributed by atoms with van der Waals surface area (Å²) in [6, 6.07) is 15.3. The van der Waals surface area contributed by atoms with E-state index < -0.39 is 30.2 Å². The van der Waals surface area contributed by atoms with E-state index in [-0.39, 0.29) is 11.0 Å². The Bertz CT molecular complexity index is 1340. The maximum atomic E-state index is 13.0. The second-order valence-electron chi connectivity index (χ2n) is 6.92. The smallest absolute Gasteiger partial charge is 0.334 e. The molecule has 0 bridgehead atoms. The van der Waals surface area contributed by atoms with E-state index >= 15 is 0 Å². The Balaban J connectivity index is 1.71. The van der Waals surface area contributed by atoms with Gasteiger partial charge in [-0.25, -0.2) is 4.98 Å². The molecule has 0 spiro atoms. The van der Waals surface area contributed by atoms with Gasteiger partial charge in [0.15, 0.2) is 0 Å². The zero-order valence-corrected chi connectivity index (χ0v) is 15.2. The van der Waals surface area contributed by atoms with Crippen LogP contribution in [0.15, 0.2) is 54.6 Å². The SMILES string of the molecule is O=C1CC(=O)N(c2ccc3nc(C(F)(F)F)[nH]c3c2)c2ccc3ccccc3c2N1. The van der Waals surface area contributed by atoms with Crippen LogP contribution < -0.4 is 10.2 Å². The van der Waals surface area contributed by atoms with E-state index in [9.17, 15) is 22.8 Å². The van der Waals surface area contributed by atoms with Gasteiger partial charge in [-0.1, -0.05) is 30.3 Å². The van der Waals surface area contributed by atoms with Gasteiger partial charge in [0.2, 0.25) is 17.6 Å². The van der Waals surface area contributed by atoms with Crippen molar-refractivity contribution in [3.63, 3.8) is 0 Å². The van der Waals surface area contributed by atoms with Gasteiger partial charge in [0.25, 0.3) is 0 Å². The van der Waals surface area contributed by atoms with Crippen LogP contribution in [-0.4, -0.2) is 21.8 Å². The van der Waals surface area contributed by atoms with Crippen molar-refractivity contribution < 1.29 is 22.8 Å². The lowest BCUT2D eigenvalue weighted by Crippen LogP contribution is -2.26. The maximum Gasteiger partial charge on any atom is 0.449 e. The largest absolute Gasteiger partial charge is 0.449 e. The number of H-pyrrole nitrogens is 1. The van der Waals surface area contributed by atoms with Gasteiger partial charge in [-0.3, -0.25) is 14.5 Å². The number of aromatic amines is 1. The Morgan fingerprint density at radius 3 is 2.60 bits per heavy atom. The van der Waals surface area contributed by atoms with E-state index in [1.807, 2.05) is 30.3 Å². The molecule has 0 aliphatic carbocycles. The minimum absolute atomic E-state index is 0.126. The third-order valence-corrected chi connectivity index (χ3v) is 4.97. The van der Waals surface area contributed by atoms with Crippen molar-refractivity contribution in [3.05, 3.63) is 60.4 Å². The van der Waals surface area contributed by atoms with Gasteiger partial charge in [-0.05, 0) is 29.7 Å². The first kappa shape index (κ1) is 18.2. The molecule has 0 atom stereocenters. The van der Waals surface area contributed by atoms with Crippen molar-refractivity contribution in [2.75, 3.05) is 10.2 Å². The molecule has 5 rings (SSSR count). The predicted octanol–water partition coefficient (Wildman–Crippen LogP) is 4.74. The number of halogens is 3. The fourth-order valence-electron chi connectivity index (χ4n) is 3.67. The molecule has 0 saturated carbocycles. The van der Waals surface area contributed by atoms with E-state index in [2.05, 4.69) is 15.3 Å². The fourth-order valence-corrected chi connectivity index (χ4v) is 3.67. The van der Waals surface area contributed by atoms with Crippen LogP contribution in [0.1, 0.15) is 12.2 Å². The average molecular weight is 410 g/mol. The van der Waals surface area contributed by atoms with E-state index in [4.69, 9.17) is 0 Å². The van der Waals surface area contributed by atoms with E-state index in [1.54, 1.807) is 6.07 Å². The van der Waals surface area contributed by atoms with Gasteiger partial charge < -0.3 is 10.3 Å². The molecule has 6 nitrogen and oxygen atoms in total. The van der Waals surface area contributed by atoms with Crippen molar-refractivity contribution in [2.45, 2.75) is 12.6 Å². The van der Waals surface area contributed by atoms with Gasteiger partial charge >= 0.3 is 6.18 Å². The molecule has 150 valence electrons. The van der Waals surface area contributed by atoms with Crippen molar-refractivity contribution in [1.82, 2.24) is 9.97 Å². The lowest BCUT2D eigenvalue weighted by molar-refractivity contribution is -0.144. The number of rotatable bonds is 1. The number of nitrogens with one attached hydrogen (secondary N) is 2. The average Bonchev–Trinajstić information content (AvgIpc) is 3.08. The summed E-state index contributed by atoms with van der Waals surface area (Å²) in [6.07, 6.45) is -5.00. The Morgan fingerprint density at radius 2 is 1.80 bits per heavy atom. The van der Waals surface area contributed by atoms with Crippen molar-refractivity contribution >= 4 is 50.7 Å². The standard InChI is InChI=1S/C21H13F3N4O2/c22-21(23,24)20-25-14-7-6-12(9-15(14)26-20)28-16-8-5-11-3-1-2-4-13(11)19(16)27-17(29)10-18(28)30/h1-9H,10H2,(H,25,26)(H,27,29). The molecule has 0 radical (unpaired) electrons. The second kappa shape index (κ2) is 6.31. The normalized spacial score (nSPS) is 14.7. The first-order valence-electron chi connectivity index (χ1n) is 9.03. The Kier molecular flexibility index (Phi) is 3.82. The summed E-state index contributed by atoms with van der Waals surface area (Å²) in [5.41, 5.74) is 1.52. The molecule has 1 aliphatic heterocycles. The van der Waals surface area contributed by atoms with Crippen LogP contribution in [-0.2, 0) is 15.8 Å². The number of nitrogens with zero attached hydrogens (tertiary/aromatic N) is 2. The van der Waals surface area contributed by atoms with E-state index in [1.165, 1.54) is 23.1 Å². The molecule has 2 N–H and O–H groups in total. The number of anilines is 3. The van der Waals surface area contributed by atoms with Crippen molar-refractivity contribution in [1.29, 1.82) is 0 Å². The van der Waals surface area contributed by atoms with Crippen LogP contribution in [0.5, 0.6) is 0 Å². The van der Waals surface area contributed by atoms with Crippen molar-refractivity contribution in [2.24, 2.45) is 0 Å². The minimum atomic E-state index is -4.61. The zero-order valence-electron chi connectivity index (χ0n) is 15.2. The first-order chi connectivity index (χ1) is 14.3. The summed E-state index contributed by atoms with van der Waals surface area (Å²) in [5.74, 6) is -2.06. The number of alkyl halides is 3. The lowest BCUT2D eigenvalue weighted by atomic mass is 10.1. The highest BCUT2D eigenvalue weighted by Gasteiger charge is 2.35. The zero-order chi connectivity index (χ0) is 21.0. The maximum absolute atomic E-state index is 13.0. The van der Waals surface area contributed by atoms with Gasteiger partial charge in [0.1, 0.15) is 6.42 Å². The number of imidazole rings is 1. The highest BCUT2D eigenvalue weighted by molar-refractivity contribution is 6.21. The molecule has 3 aromatic carbocycles. The highest BCUT2D eigenvalue weighted by Crippen LogP contribution is 2.40. The summed E-state index contributed by atoms with van der Waals surface area (Å²) in [5, 5.41) is 4.42. The molecular formula is C21H13F3N4O2. The van der Waals surface area contributed by atoms with Crippen LogP contribution in [0.3, 0.4) is 0 Å². The third-order valence-electron chi connectivity index (χ3n) is 4.97. The van der Waals surface area contributed by atoms with Gasteiger partial charge in [-0.15, -0.1) is 0 Å². The molecule has 0 saturated heterocycles. The summed E-state index contributed by atoms with van der Waals surface area (Å²) in [6.45, 7) is 0. The Hall–Kier alpha value is -3.88.